The van der Waals surface area contributed by atoms with Crippen LogP contribution in [0.3, 0.4) is 0 Å². The smallest absolute Gasteiger partial charge is 0.379 e. The first kappa shape index (κ1) is 21.7. The molecule has 0 radical (unpaired) electrons. The van der Waals surface area contributed by atoms with Crippen LogP contribution in [0.25, 0.3) is 0 Å². The quantitative estimate of drug-likeness (QED) is 0.377. The molecule has 0 bridgehead atoms. The standard InChI is InChI=1S/C13H25F3N4O.HI/c1-11(10-20-5-7-21-8-6-20)9-19-12(17-2)18-4-3-13(14,15)16;/h11H,3-10H2,1-2H3,(H2,17,18,19);1H. The number of nitrogens with zero attached hydrogens (tertiary/aromatic N) is 2. The van der Waals surface area contributed by atoms with Gasteiger partial charge in [0.15, 0.2) is 5.96 Å². The Morgan fingerprint density at radius 3 is 2.45 bits per heavy atom. The number of guanidine groups is 1. The fourth-order valence-electron chi connectivity index (χ4n) is 2.10. The number of hydrogen-bond acceptors (Lipinski definition) is 3. The molecule has 2 N–H and O–H groups in total. The Kier molecular flexibility index (Phi) is 11.1. The molecule has 132 valence electrons. The minimum atomic E-state index is -4.14. The minimum Gasteiger partial charge on any atom is -0.379 e. The third kappa shape index (κ3) is 10.4. The van der Waals surface area contributed by atoms with Gasteiger partial charge in [-0.25, -0.2) is 0 Å². The van der Waals surface area contributed by atoms with Crippen molar-refractivity contribution in [2.24, 2.45) is 10.9 Å². The van der Waals surface area contributed by atoms with E-state index in [1.165, 1.54) is 0 Å². The van der Waals surface area contributed by atoms with E-state index in [4.69, 9.17) is 4.74 Å². The highest BCUT2D eigenvalue weighted by Gasteiger charge is 2.26. The van der Waals surface area contributed by atoms with Gasteiger partial charge in [0.2, 0.25) is 0 Å². The van der Waals surface area contributed by atoms with Gasteiger partial charge in [-0.3, -0.25) is 9.89 Å². The molecule has 1 unspecified atom stereocenters. The second-order valence-electron chi connectivity index (χ2n) is 5.26. The number of alkyl halides is 3. The number of nitrogens with one attached hydrogen (secondary N) is 2. The van der Waals surface area contributed by atoms with Gasteiger partial charge >= 0.3 is 6.18 Å². The molecule has 22 heavy (non-hydrogen) atoms. The number of rotatable bonds is 6. The van der Waals surface area contributed by atoms with E-state index >= 15 is 0 Å². The predicted octanol–water partition coefficient (Wildman–Crippen LogP) is 1.69. The van der Waals surface area contributed by atoms with Crippen molar-refractivity contribution < 1.29 is 17.9 Å². The maximum atomic E-state index is 12.1. The van der Waals surface area contributed by atoms with E-state index in [0.717, 1.165) is 32.8 Å². The third-order valence-electron chi connectivity index (χ3n) is 3.22. The zero-order valence-corrected chi connectivity index (χ0v) is 15.4. The first-order chi connectivity index (χ1) is 9.90. The van der Waals surface area contributed by atoms with E-state index in [1.54, 1.807) is 7.05 Å². The van der Waals surface area contributed by atoms with Crippen LogP contribution in [-0.4, -0.2) is 70.0 Å². The van der Waals surface area contributed by atoms with Crippen LogP contribution in [-0.2, 0) is 4.74 Å². The molecule has 1 saturated heterocycles. The largest absolute Gasteiger partial charge is 0.390 e. The minimum absolute atomic E-state index is 0. The lowest BCUT2D eigenvalue weighted by atomic mass is 10.1. The van der Waals surface area contributed by atoms with Crippen molar-refractivity contribution in [1.82, 2.24) is 15.5 Å². The average molecular weight is 438 g/mol. The van der Waals surface area contributed by atoms with E-state index in [2.05, 4.69) is 27.4 Å². The summed E-state index contributed by atoms with van der Waals surface area (Å²) >= 11 is 0. The SMILES string of the molecule is CN=C(NCCC(F)(F)F)NCC(C)CN1CCOCC1.I. The Hall–Kier alpha value is -0.290. The molecule has 9 heteroatoms. The summed E-state index contributed by atoms with van der Waals surface area (Å²) in [5, 5.41) is 5.73. The summed E-state index contributed by atoms with van der Waals surface area (Å²) in [7, 11) is 1.55. The van der Waals surface area contributed by atoms with Gasteiger partial charge in [-0.15, -0.1) is 24.0 Å². The Labute approximate surface area is 147 Å². The lowest BCUT2D eigenvalue weighted by Crippen LogP contribution is -2.44. The first-order valence-corrected chi connectivity index (χ1v) is 7.22. The van der Waals surface area contributed by atoms with Gasteiger partial charge in [-0.1, -0.05) is 6.92 Å². The number of ether oxygens (including phenoxy) is 1. The van der Waals surface area contributed by atoms with Crippen molar-refractivity contribution in [3.05, 3.63) is 0 Å². The normalized spacial score (nSPS) is 18.5. The van der Waals surface area contributed by atoms with Gasteiger partial charge in [0, 0.05) is 39.8 Å². The third-order valence-corrected chi connectivity index (χ3v) is 3.22. The van der Waals surface area contributed by atoms with Gasteiger partial charge in [-0.2, -0.15) is 13.2 Å². The van der Waals surface area contributed by atoms with Crippen LogP contribution in [0.1, 0.15) is 13.3 Å². The fraction of sp³-hybridized carbons (Fsp3) is 0.923. The molecule has 0 spiro atoms. The molecule has 0 aromatic rings. The summed E-state index contributed by atoms with van der Waals surface area (Å²) in [5.41, 5.74) is 0. The zero-order valence-electron chi connectivity index (χ0n) is 13.1. The summed E-state index contributed by atoms with van der Waals surface area (Å²) in [5.74, 6) is 0.789. The number of morpholine rings is 1. The van der Waals surface area contributed by atoms with Crippen molar-refractivity contribution >= 4 is 29.9 Å². The average Bonchev–Trinajstić information content (AvgIpc) is 2.42. The van der Waals surface area contributed by atoms with E-state index in [9.17, 15) is 13.2 Å². The van der Waals surface area contributed by atoms with Crippen LogP contribution in [0.4, 0.5) is 13.2 Å². The Balaban J connectivity index is 0.00000441. The van der Waals surface area contributed by atoms with E-state index in [1.807, 2.05) is 0 Å². The van der Waals surface area contributed by atoms with Crippen LogP contribution in [0, 0.1) is 5.92 Å². The fourth-order valence-corrected chi connectivity index (χ4v) is 2.10. The highest BCUT2D eigenvalue weighted by Crippen LogP contribution is 2.18. The number of aliphatic imine (C=N–C) groups is 1. The highest BCUT2D eigenvalue weighted by atomic mass is 127. The highest BCUT2D eigenvalue weighted by molar-refractivity contribution is 14.0. The molecule has 1 aliphatic rings. The molecule has 1 rings (SSSR count). The van der Waals surface area contributed by atoms with Gasteiger partial charge in [0.1, 0.15) is 0 Å². The topological polar surface area (TPSA) is 48.9 Å². The van der Waals surface area contributed by atoms with Crippen LogP contribution in [0.2, 0.25) is 0 Å². The molecular formula is C13H26F3IN4O. The van der Waals surface area contributed by atoms with Gasteiger partial charge in [0.05, 0.1) is 19.6 Å². The number of hydrogen-bond donors (Lipinski definition) is 2. The van der Waals surface area contributed by atoms with Crippen LogP contribution >= 0.6 is 24.0 Å². The van der Waals surface area contributed by atoms with Crippen molar-refractivity contribution in [3.63, 3.8) is 0 Å². The van der Waals surface area contributed by atoms with Crippen LogP contribution in [0.15, 0.2) is 4.99 Å². The predicted molar refractivity (Wildman–Crippen MR) is 91.9 cm³/mol. The van der Waals surface area contributed by atoms with E-state index in [-0.39, 0.29) is 30.5 Å². The molecule has 1 fully saturated rings. The molecule has 0 aromatic carbocycles. The van der Waals surface area contributed by atoms with Crippen molar-refractivity contribution in [2.75, 3.05) is 53.0 Å². The second-order valence-corrected chi connectivity index (χ2v) is 5.26. The summed E-state index contributed by atoms with van der Waals surface area (Å²) in [4.78, 5) is 6.25. The molecule has 1 aliphatic heterocycles. The van der Waals surface area contributed by atoms with Crippen molar-refractivity contribution in [3.8, 4) is 0 Å². The maximum Gasteiger partial charge on any atom is 0.390 e. The van der Waals surface area contributed by atoms with Gasteiger partial charge in [0.25, 0.3) is 0 Å². The molecule has 1 atom stereocenters. The molecule has 5 nitrogen and oxygen atoms in total. The lowest BCUT2D eigenvalue weighted by Gasteiger charge is -2.29. The Morgan fingerprint density at radius 1 is 1.27 bits per heavy atom. The van der Waals surface area contributed by atoms with Crippen LogP contribution < -0.4 is 10.6 Å². The lowest BCUT2D eigenvalue weighted by molar-refractivity contribution is -0.132. The molecule has 0 amide bonds. The molecule has 1 heterocycles. The Bertz CT molecular complexity index is 323. The summed E-state index contributed by atoms with van der Waals surface area (Å²) in [6, 6.07) is 0. The van der Waals surface area contributed by atoms with Crippen molar-refractivity contribution in [1.29, 1.82) is 0 Å². The van der Waals surface area contributed by atoms with E-state index in [0.29, 0.717) is 18.4 Å². The summed E-state index contributed by atoms with van der Waals surface area (Å²) in [6.07, 6.45) is -5.01. The zero-order chi connectivity index (χ0) is 15.7. The van der Waals surface area contributed by atoms with Crippen molar-refractivity contribution in [2.45, 2.75) is 19.5 Å². The van der Waals surface area contributed by atoms with Gasteiger partial charge < -0.3 is 15.4 Å². The monoisotopic (exact) mass is 438 g/mol. The molecule has 0 aromatic heterocycles. The molecular weight excluding hydrogens is 412 g/mol. The summed E-state index contributed by atoms with van der Waals surface area (Å²) in [6.45, 7) is 6.94. The van der Waals surface area contributed by atoms with Crippen LogP contribution in [0.5, 0.6) is 0 Å². The second kappa shape index (κ2) is 11.3. The molecule has 0 aliphatic carbocycles. The summed E-state index contributed by atoms with van der Waals surface area (Å²) < 4.78 is 41.5. The molecule has 0 saturated carbocycles. The maximum absolute atomic E-state index is 12.1. The number of halogens is 4. The van der Waals surface area contributed by atoms with E-state index < -0.39 is 12.6 Å². The van der Waals surface area contributed by atoms with Gasteiger partial charge in [-0.05, 0) is 5.92 Å². The Morgan fingerprint density at radius 2 is 1.91 bits per heavy atom. The first-order valence-electron chi connectivity index (χ1n) is 7.22.